The van der Waals surface area contributed by atoms with Crippen LogP contribution in [0, 0.1) is 5.92 Å². The molecular formula is C31H35N3. The lowest BCUT2D eigenvalue weighted by molar-refractivity contribution is 0.0358. The molecule has 0 saturated heterocycles. The van der Waals surface area contributed by atoms with E-state index in [2.05, 4.69) is 114 Å². The number of nitrogens with zero attached hydrogens (tertiary/aromatic N) is 1. The fourth-order valence-corrected chi connectivity index (χ4v) is 7.08. The molecule has 3 nitrogen and oxygen atoms in total. The van der Waals surface area contributed by atoms with Gasteiger partial charge in [-0.2, -0.15) is 0 Å². The van der Waals surface area contributed by atoms with Crippen molar-refractivity contribution in [3.8, 4) is 0 Å². The maximum atomic E-state index is 3.75. The second kappa shape index (κ2) is 8.32. The van der Waals surface area contributed by atoms with Crippen molar-refractivity contribution in [1.29, 1.82) is 0 Å². The minimum Gasteiger partial charge on any atom is -0.389 e. The average Bonchev–Trinajstić information content (AvgIpc) is 3.26. The molecule has 1 spiro atoms. The number of hydrogen-bond donors (Lipinski definition) is 2. The number of benzene rings is 2. The number of nitrogens with one attached hydrogen (secondary N) is 2. The molecule has 2 heterocycles. The maximum absolute atomic E-state index is 3.75. The first-order valence-electron chi connectivity index (χ1n) is 12.7. The number of aromatic amines is 1. The van der Waals surface area contributed by atoms with Crippen molar-refractivity contribution in [3.05, 3.63) is 106 Å². The third-order valence-corrected chi connectivity index (χ3v) is 8.81. The third-order valence-electron chi connectivity index (χ3n) is 8.81. The summed E-state index contributed by atoms with van der Waals surface area (Å²) >= 11 is 0. The Balaban J connectivity index is 1.52. The van der Waals surface area contributed by atoms with Gasteiger partial charge in [-0.25, -0.2) is 0 Å². The summed E-state index contributed by atoms with van der Waals surface area (Å²) < 4.78 is 0. The highest BCUT2D eigenvalue weighted by molar-refractivity contribution is 5.54. The second-order valence-electron chi connectivity index (χ2n) is 10.6. The Bertz CT molecular complexity index is 1320. The van der Waals surface area contributed by atoms with Crippen LogP contribution < -0.4 is 16.0 Å². The van der Waals surface area contributed by atoms with Gasteiger partial charge in [0.1, 0.15) is 0 Å². The molecule has 0 radical (unpaired) electrons. The third kappa shape index (κ3) is 3.29. The summed E-state index contributed by atoms with van der Waals surface area (Å²) in [6.45, 7) is 1.02. The maximum Gasteiger partial charge on any atom is 0.0580 e. The van der Waals surface area contributed by atoms with Gasteiger partial charge in [-0.05, 0) is 80.4 Å². The highest BCUT2D eigenvalue weighted by Crippen LogP contribution is 2.54. The van der Waals surface area contributed by atoms with E-state index >= 15 is 0 Å². The molecular weight excluding hydrogens is 414 g/mol. The van der Waals surface area contributed by atoms with Crippen LogP contribution in [0.15, 0.2) is 72.8 Å². The molecule has 1 aromatic heterocycles. The lowest BCUT2D eigenvalue weighted by Crippen LogP contribution is -2.54. The average molecular weight is 450 g/mol. The van der Waals surface area contributed by atoms with Crippen LogP contribution in [0.5, 0.6) is 0 Å². The summed E-state index contributed by atoms with van der Waals surface area (Å²) in [7, 11) is 4.55. The molecule has 3 heteroatoms. The zero-order valence-electron chi connectivity index (χ0n) is 20.4. The molecule has 0 bridgehead atoms. The largest absolute Gasteiger partial charge is 0.389 e. The predicted molar refractivity (Wildman–Crippen MR) is 141 cm³/mol. The highest BCUT2D eigenvalue weighted by Gasteiger charge is 2.52. The zero-order valence-corrected chi connectivity index (χ0v) is 20.4. The highest BCUT2D eigenvalue weighted by atomic mass is 15.1. The molecule has 3 unspecified atom stereocenters. The van der Waals surface area contributed by atoms with Crippen LogP contribution in [0.1, 0.15) is 41.5 Å². The van der Waals surface area contributed by atoms with Crippen molar-refractivity contribution in [1.82, 2.24) is 15.2 Å². The van der Waals surface area contributed by atoms with Crippen molar-refractivity contribution < 1.29 is 0 Å². The van der Waals surface area contributed by atoms with Crippen molar-refractivity contribution in [2.45, 2.75) is 43.1 Å². The monoisotopic (exact) mass is 449 g/mol. The van der Waals surface area contributed by atoms with Gasteiger partial charge in [0.2, 0.25) is 0 Å². The lowest BCUT2D eigenvalue weighted by Gasteiger charge is -2.54. The van der Waals surface area contributed by atoms with Gasteiger partial charge in [0.25, 0.3) is 0 Å². The number of allylic oxidation sites excluding steroid dienone is 2. The van der Waals surface area contributed by atoms with E-state index in [0.29, 0.717) is 5.92 Å². The normalized spacial score (nSPS) is 27.4. The molecule has 6 rings (SSSR count). The minimum atomic E-state index is 0.0468. The van der Waals surface area contributed by atoms with Gasteiger partial charge in [-0.15, -0.1) is 0 Å². The Morgan fingerprint density at radius 1 is 0.941 bits per heavy atom. The molecule has 1 aliphatic heterocycles. The van der Waals surface area contributed by atoms with Crippen molar-refractivity contribution in [3.63, 3.8) is 0 Å². The van der Waals surface area contributed by atoms with Gasteiger partial charge in [-0.1, -0.05) is 72.8 Å². The Labute approximate surface area is 202 Å². The topological polar surface area (TPSA) is 31.1 Å². The minimum absolute atomic E-state index is 0.0468. The molecule has 34 heavy (non-hydrogen) atoms. The Kier molecular flexibility index (Phi) is 5.26. The SMILES string of the molecule is CN(C)C1(c2ccccc2)CCC2(C=CC=c3[nH]c4c(c32)CCNC=4)C(Cc2ccccc2)C1. The zero-order chi connectivity index (χ0) is 23.2. The van der Waals surface area contributed by atoms with Crippen LogP contribution in [-0.2, 0) is 23.8 Å². The molecule has 2 aromatic carbocycles. The summed E-state index contributed by atoms with van der Waals surface area (Å²) in [5.74, 6) is 0.504. The van der Waals surface area contributed by atoms with Crippen molar-refractivity contribution >= 4 is 12.3 Å². The fourth-order valence-electron chi connectivity index (χ4n) is 7.08. The molecule has 3 aliphatic rings. The number of aromatic nitrogens is 1. The van der Waals surface area contributed by atoms with Gasteiger partial charge in [-0.3, -0.25) is 4.90 Å². The predicted octanol–water partition coefficient (Wildman–Crippen LogP) is 3.99. The van der Waals surface area contributed by atoms with E-state index in [-0.39, 0.29) is 11.0 Å². The van der Waals surface area contributed by atoms with Crippen LogP contribution in [-0.4, -0.2) is 30.5 Å². The van der Waals surface area contributed by atoms with Gasteiger partial charge >= 0.3 is 0 Å². The summed E-state index contributed by atoms with van der Waals surface area (Å²) in [5.41, 5.74) is 6.10. The second-order valence-corrected chi connectivity index (χ2v) is 10.6. The lowest BCUT2D eigenvalue weighted by atomic mass is 9.54. The molecule has 2 aliphatic carbocycles. The molecule has 174 valence electrons. The van der Waals surface area contributed by atoms with Gasteiger partial charge < -0.3 is 10.3 Å². The van der Waals surface area contributed by atoms with Crippen LogP contribution in [0.3, 0.4) is 0 Å². The summed E-state index contributed by atoms with van der Waals surface area (Å²) in [4.78, 5) is 6.25. The van der Waals surface area contributed by atoms with Crippen LogP contribution in [0.2, 0.25) is 0 Å². The molecule has 3 aromatic rings. The quantitative estimate of drug-likeness (QED) is 0.631. The fraction of sp³-hybridized carbons (Fsp3) is 0.355. The van der Waals surface area contributed by atoms with E-state index in [1.807, 2.05) is 0 Å². The molecule has 1 fully saturated rings. The van der Waals surface area contributed by atoms with Crippen molar-refractivity contribution in [2.24, 2.45) is 5.92 Å². The van der Waals surface area contributed by atoms with E-state index in [1.165, 1.54) is 27.4 Å². The first-order chi connectivity index (χ1) is 16.6. The number of hydrogen-bond acceptors (Lipinski definition) is 2. The standard InChI is InChI=1S/C31H35N3/c1-34(2)31(24-12-7-4-8-13-24)18-17-30(25(21-31)20-23-10-5-3-6-11-23)16-9-14-27-29(30)26-15-19-32-22-28(26)33-27/h3-14,16,22,25,32-33H,15,17-21H2,1-2H3. The summed E-state index contributed by atoms with van der Waals surface area (Å²) in [6.07, 6.45) is 15.0. The number of fused-ring (bicyclic) bond motifs is 4. The number of H-pyrrole nitrogens is 1. The van der Waals surface area contributed by atoms with Crippen LogP contribution >= 0.6 is 0 Å². The molecule has 3 atom stereocenters. The van der Waals surface area contributed by atoms with E-state index in [4.69, 9.17) is 0 Å². The Morgan fingerprint density at radius 2 is 1.71 bits per heavy atom. The van der Waals surface area contributed by atoms with Gasteiger partial charge in [0, 0.05) is 29.0 Å². The summed E-state index contributed by atoms with van der Waals surface area (Å²) in [5, 5.41) is 6.05. The smallest absolute Gasteiger partial charge is 0.0580 e. The van der Waals surface area contributed by atoms with Crippen molar-refractivity contribution in [2.75, 3.05) is 20.6 Å². The van der Waals surface area contributed by atoms with Crippen LogP contribution in [0.25, 0.3) is 12.3 Å². The Morgan fingerprint density at radius 3 is 2.47 bits per heavy atom. The first kappa shape index (κ1) is 21.5. The molecule has 1 saturated carbocycles. The summed E-state index contributed by atoms with van der Waals surface area (Å²) in [6, 6.07) is 22.4. The molecule has 0 amide bonds. The first-order valence-corrected chi connectivity index (χ1v) is 12.7. The van der Waals surface area contributed by atoms with E-state index in [1.54, 1.807) is 5.56 Å². The van der Waals surface area contributed by atoms with Gasteiger partial charge in [0.05, 0.1) is 5.35 Å². The van der Waals surface area contributed by atoms with Gasteiger partial charge in [0.15, 0.2) is 0 Å². The number of rotatable bonds is 4. The van der Waals surface area contributed by atoms with E-state index in [0.717, 1.165) is 38.6 Å². The van der Waals surface area contributed by atoms with Crippen LogP contribution in [0.4, 0.5) is 0 Å². The molecule has 2 N–H and O–H groups in total. The Hall–Kier alpha value is -3.04. The van der Waals surface area contributed by atoms with E-state index < -0.39 is 0 Å². The van der Waals surface area contributed by atoms with E-state index in [9.17, 15) is 0 Å².